The van der Waals surface area contributed by atoms with Crippen LogP contribution in [0.5, 0.6) is 0 Å². The van der Waals surface area contributed by atoms with Gasteiger partial charge in [-0.05, 0) is 29.1 Å². The van der Waals surface area contributed by atoms with Gasteiger partial charge in [0.2, 0.25) is 11.7 Å². The molecule has 2 amide bonds. The molecule has 182 valence electrons. The molecule has 0 aliphatic carbocycles. The number of aryl methyl sites for hydroxylation is 1. The van der Waals surface area contributed by atoms with E-state index in [-0.39, 0.29) is 11.7 Å². The van der Waals surface area contributed by atoms with Crippen molar-refractivity contribution in [3.05, 3.63) is 82.0 Å². The Bertz CT molecular complexity index is 1580. The molecule has 0 unspecified atom stereocenters. The summed E-state index contributed by atoms with van der Waals surface area (Å²) in [6.07, 6.45) is 6.85. The number of benzene rings is 1. The number of likely N-dealkylation sites (N-methyl/N-ethyl adjacent to an activating group) is 1. The summed E-state index contributed by atoms with van der Waals surface area (Å²) in [6, 6.07) is 9.18. The van der Waals surface area contributed by atoms with Crippen molar-refractivity contribution in [2.45, 2.75) is 25.4 Å². The van der Waals surface area contributed by atoms with Crippen LogP contribution < -0.4 is 10.2 Å². The molecule has 10 nitrogen and oxygen atoms in total. The molecule has 4 aromatic heterocycles. The average molecular weight is 501 g/mol. The maximum atomic E-state index is 13.4. The van der Waals surface area contributed by atoms with E-state index >= 15 is 0 Å². The third-order valence-electron chi connectivity index (χ3n) is 6.45. The zero-order chi connectivity index (χ0) is 24.8. The van der Waals surface area contributed by atoms with Gasteiger partial charge in [0.05, 0.1) is 23.9 Å². The number of amides is 2. The summed E-state index contributed by atoms with van der Waals surface area (Å²) < 4.78 is 3.95. The number of anilines is 1. The summed E-state index contributed by atoms with van der Waals surface area (Å²) >= 11 is 1.62. The first kappa shape index (κ1) is 22.2. The van der Waals surface area contributed by atoms with Gasteiger partial charge >= 0.3 is 0 Å². The Kier molecular flexibility index (Phi) is 5.41. The third kappa shape index (κ3) is 3.97. The number of nitrogens with zero attached hydrogens (tertiary/aromatic N) is 6. The Labute approximate surface area is 210 Å². The minimum atomic E-state index is -0.744. The van der Waals surface area contributed by atoms with E-state index < -0.39 is 11.9 Å². The molecule has 0 saturated heterocycles. The van der Waals surface area contributed by atoms with Crippen LogP contribution in [0.15, 0.2) is 54.3 Å². The van der Waals surface area contributed by atoms with Gasteiger partial charge in [-0.15, -0.1) is 16.4 Å². The molecule has 6 rings (SSSR count). The predicted octanol–water partition coefficient (Wildman–Crippen LogP) is 2.51. The standard InChI is InChI=1S/C25H24N8O2S/c1-31-12-15(11-26-31)13-33-14-16-9-18(25(35)32(2)19-6-3-7-20(33)22(16)19)27-24(34)23-28-21(29-30-23)10-17-5-4-8-36-17/h3-8,11-12,14,18H,9-10,13H2,1-2H3,(H,27,34)(H,28,29,30)/t18-/m0/s1. The number of carbonyl (C=O) groups is 2. The van der Waals surface area contributed by atoms with Gasteiger partial charge in [-0.25, -0.2) is 4.98 Å². The van der Waals surface area contributed by atoms with E-state index in [9.17, 15) is 9.59 Å². The fourth-order valence-electron chi connectivity index (χ4n) is 4.78. The van der Waals surface area contributed by atoms with Gasteiger partial charge in [-0.3, -0.25) is 19.4 Å². The number of aromatic nitrogens is 6. The maximum Gasteiger partial charge on any atom is 0.291 e. The minimum Gasteiger partial charge on any atom is -0.343 e. The smallest absolute Gasteiger partial charge is 0.291 e. The molecular weight excluding hydrogens is 476 g/mol. The van der Waals surface area contributed by atoms with Gasteiger partial charge in [0, 0.05) is 55.2 Å². The zero-order valence-electron chi connectivity index (χ0n) is 19.8. The molecule has 0 saturated carbocycles. The highest BCUT2D eigenvalue weighted by atomic mass is 32.1. The summed E-state index contributed by atoms with van der Waals surface area (Å²) in [5, 5.41) is 17.1. The molecule has 1 atom stereocenters. The van der Waals surface area contributed by atoms with Crippen molar-refractivity contribution < 1.29 is 9.59 Å². The number of carbonyl (C=O) groups excluding carboxylic acids is 2. The van der Waals surface area contributed by atoms with Crippen LogP contribution in [0.1, 0.15) is 32.4 Å². The van der Waals surface area contributed by atoms with Crippen molar-refractivity contribution >= 4 is 39.7 Å². The van der Waals surface area contributed by atoms with E-state index in [2.05, 4.69) is 42.4 Å². The second-order valence-corrected chi connectivity index (χ2v) is 10.00. The Morgan fingerprint density at radius 3 is 2.89 bits per heavy atom. The highest BCUT2D eigenvalue weighted by molar-refractivity contribution is 7.09. The fraction of sp³-hybridized carbons (Fsp3) is 0.240. The van der Waals surface area contributed by atoms with Crippen molar-refractivity contribution in [1.82, 2.24) is 34.8 Å². The van der Waals surface area contributed by atoms with E-state index in [1.807, 2.05) is 49.1 Å². The molecule has 2 N–H and O–H groups in total. The molecule has 0 spiro atoms. The van der Waals surface area contributed by atoms with Crippen molar-refractivity contribution in [2.24, 2.45) is 7.05 Å². The summed E-state index contributed by atoms with van der Waals surface area (Å²) in [4.78, 5) is 33.5. The topological polar surface area (TPSA) is 114 Å². The average Bonchev–Trinajstić information content (AvgIpc) is 3.67. The fourth-order valence-corrected chi connectivity index (χ4v) is 5.49. The van der Waals surface area contributed by atoms with Crippen LogP contribution in [-0.4, -0.2) is 54.4 Å². The number of rotatable bonds is 6. The number of hydrogen-bond donors (Lipinski definition) is 2. The number of nitrogens with one attached hydrogen (secondary N) is 2. The van der Waals surface area contributed by atoms with Gasteiger partial charge in [-0.2, -0.15) is 5.10 Å². The Morgan fingerprint density at radius 1 is 1.22 bits per heavy atom. The molecule has 0 radical (unpaired) electrons. The number of thiophene rings is 1. The van der Waals surface area contributed by atoms with Gasteiger partial charge in [0.1, 0.15) is 11.9 Å². The van der Waals surface area contributed by atoms with Gasteiger partial charge in [0.15, 0.2) is 0 Å². The van der Waals surface area contributed by atoms with E-state index in [1.165, 1.54) is 0 Å². The summed E-state index contributed by atoms with van der Waals surface area (Å²) in [7, 11) is 3.64. The van der Waals surface area contributed by atoms with E-state index in [4.69, 9.17) is 0 Å². The van der Waals surface area contributed by atoms with E-state index in [1.54, 1.807) is 28.0 Å². The number of H-pyrrole nitrogens is 1. The first-order chi connectivity index (χ1) is 17.5. The van der Waals surface area contributed by atoms with Crippen molar-refractivity contribution in [3.8, 4) is 0 Å². The lowest BCUT2D eigenvalue weighted by Gasteiger charge is -2.22. The summed E-state index contributed by atoms with van der Waals surface area (Å²) in [6.45, 7) is 0.659. The molecule has 5 heterocycles. The molecular formula is C25H24N8O2S. The third-order valence-corrected chi connectivity index (χ3v) is 7.33. The maximum absolute atomic E-state index is 13.4. The number of aromatic amines is 1. The van der Waals surface area contributed by atoms with E-state index in [0.29, 0.717) is 25.2 Å². The Morgan fingerprint density at radius 2 is 2.11 bits per heavy atom. The molecule has 0 fully saturated rings. The lowest BCUT2D eigenvalue weighted by Crippen LogP contribution is -2.48. The lowest BCUT2D eigenvalue weighted by molar-refractivity contribution is -0.120. The van der Waals surface area contributed by atoms with Gasteiger partial charge < -0.3 is 14.8 Å². The largest absolute Gasteiger partial charge is 0.343 e. The van der Waals surface area contributed by atoms with Crippen molar-refractivity contribution in [3.63, 3.8) is 0 Å². The highest BCUT2D eigenvalue weighted by Crippen LogP contribution is 2.35. The lowest BCUT2D eigenvalue weighted by atomic mass is 10.1. The van der Waals surface area contributed by atoms with Crippen LogP contribution in [0.2, 0.25) is 0 Å². The Balaban J connectivity index is 1.27. The summed E-state index contributed by atoms with van der Waals surface area (Å²) in [5.74, 6) is -0.0285. The van der Waals surface area contributed by atoms with Crippen LogP contribution >= 0.6 is 11.3 Å². The van der Waals surface area contributed by atoms with Gasteiger partial charge in [0.25, 0.3) is 5.91 Å². The molecule has 1 aromatic carbocycles. The van der Waals surface area contributed by atoms with Gasteiger partial charge in [-0.1, -0.05) is 12.1 Å². The Hall–Kier alpha value is -4.25. The van der Waals surface area contributed by atoms with Crippen molar-refractivity contribution in [2.75, 3.05) is 11.9 Å². The minimum absolute atomic E-state index is 0.0260. The summed E-state index contributed by atoms with van der Waals surface area (Å²) in [5.41, 5.74) is 3.94. The highest BCUT2D eigenvalue weighted by Gasteiger charge is 2.32. The van der Waals surface area contributed by atoms with Crippen LogP contribution in [-0.2, 0) is 31.2 Å². The van der Waals surface area contributed by atoms with Crippen LogP contribution in [0.4, 0.5) is 5.69 Å². The molecule has 1 aliphatic rings. The van der Waals surface area contributed by atoms with Crippen LogP contribution in [0.3, 0.4) is 0 Å². The predicted molar refractivity (Wildman–Crippen MR) is 136 cm³/mol. The zero-order valence-corrected chi connectivity index (χ0v) is 20.6. The quantitative estimate of drug-likeness (QED) is 0.372. The molecule has 1 aliphatic heterocycles. The normalized spacial score (nSPS) is 15.4. The molecule has 36 heavy (non-hydrogen) atoms. The SMILES string of the molecule is CN1C(=O)[C@@H](NC(=O)c2n[nH]c(Cc3cccs3)n2)Cc2cn(Cc3cnn(C)c3)c3cccc1c23. The first-order valence-corrected chi connectivity index (χ1v) is 12.4. The van der Waals surface area contributed by atoms with E-state index in [0.717, 1.165) is 32.6 Å². The molecule has 0 bridgehead atoms. The van der Waals surface area contributed by atoms with Crippen LogP contribution in [0, 0.1) is 0 Å². The van der Waals surface area contributed by atoms with Crippen LogP contribution in [0.25, 0.3) is 10.9 Å². The second kappa shape index (κ2) is 8.76. The number of hydrogen-bond acceptors (Lipinski definition) is 6. The molecule has 11 heteroatoms. The second-order valence-electron chi connectivity index (χ2n) is 8.97. The molecule has 5 aromatic rings. The van der Waals surface area contributed by atoms with Crippen molar-refractivity contribution in [1.29, 1.82) is 0 Å². The monoisotopic (exact) mass is 500 g/mol. The first-order valence-electron chi connectivity index (χ1n) is 11.6.